The van der Waals surface area contributed by atoms with Crippen LogP contribution in [-0.2, 0) is 6.54 Å². The molecule has 0 fully saturated rings. The van der Waals surface area contributed by atoms with Gasteiger partial charge in [0.1, 0.15) is 5.51 Å². The molecule has 0 atom stereocenters. The Labute approximate surface area is 94.3 Å². The Hall–Kier alpha value is -0.940. The largest absolute Gasteiger partial charge is 0.356 e. The van der Waals surface area contributed by atoms with Gasteiger partial charge < -0.3 is 5.32 Å². The van der Waals surface area contributed by atoms with E-state index in [1.807, 2.05) is 12.1 Å². The smallest absolute Gasteiger partial charge is 0.205 e. The van der Waals surface area contributed by atoms with Crippen molar-refractivity contribution in [3.63, 3.8) is 0 Å². The second kappa shape index (κ2) is 4.52. The highest BCUT2D eigenvalue weighted by Crippen LogP contribution is 2.14. The quantitative estimate of drug-likeness (QED) is 0.931. The van der Waals surface area contributed by atoms with Gasteiger partial charge in [0, 0.05) is 11.0 Å². The van der Waals surface area contributed by atoms with Crippen LogP contribution in [-0.4, -0.2) is 10.2 Å². The predicted molar refractivity (Wildman–Crippen MR) is 61.4 cm³/mol. The first-order valence-electron chi connectivity index (χ1n) is 4.09. The van der Waals surface area contributed by atoms with Crippen molar-refractivity contribution in [1.82, 2.24) is 10.2 Å². The van der Waals surface area contributed by atoms with Gasteiger partial charge in [0.15, 0.2) is 0 Å². The molecule has 2 rings (SSSR count). The maximum atomic E-state index is 3.90. The monoisotopic (exact) mass is 269 g/mol. The minimum Gasteiger partial charge on any atom is -0.356 e. The van der Waals surface area contributed by atoms with Gasteiger partial charge in [-0.1, -0.05) is 39.4 Å². The Morgan fingerprint density at radius 2 is 2.36 bits per heavy atom. The number of halogens is 1. The third kappa shape index (κ3) is 2.52. The summed E-state index contributed by atoms with van der Waals surface area (Å²) in [6.45, 7) is 0.772. The third-order valence-electron chi connectivity index (χ3n) is 1.69. The van der Waals surface area contributed by atoms with Crippen molar-refractivity contribution in [1.29, 1.82) is 0 Å². The van der Waals surface area contributed by atoms with Gasteiger partial charge in [0.25, 0.3) is 0 Å². The first-order chi connectivity index (χ1) is 6.84. The number of rotatable bonds is 3. The third-order valence-corrected chi connectivity index (χ3v) is 2.83. The summed E-state index contributed by atoms with van der Waals surface area (Å²) in [5.41, 5.74) is 2.93. The highest BCUT2D eigenvalue weighted by molar-refractivity contribution is 9.10. The van der Waals surface area contributed by atoms with E-state index in [0.717, 1.165) is 16.1 Å². The summed E-state index contributed by atoms with van der Waals surface area (Å²) in [4.78, 5) is 0. The summed E-state index contributed by atoms with van der Waals surface area (Å²) in [5, 5.41) is 11.7. The van der Waals surface area contributed by atoms with Gasteiger partial charge in [-0.3, -0.25) is 0 Å². The van der Waals surface area contributed by atoms with Gasteiger partial charge in [-0.05, 0) is 17.7 Å². The van der Waals surface area contributed by atoms with E-state index >= 15 is 0 Å². The van der Waals surface area contributed by atoms with E-state index in [9.17, 15) is 0 Å². The molecule has 72 valence electrons. The number of hydrogen-bond donors (Lipinski definition) is 1. The summed E-state index contributed by atoms with van der Waals surface area (Å²) >= 11 is 4.93. The minimum atomic E-state index is 0.772. The molecule has 2 aromatic rings. The molecule has 1 aromatic heterocycles. The van der Waals surface area contributed by atoms with Crippen LogP contribution in [0.25, 0.3) is 0 Å². The molecule has 1 heterocycles. The zero-order valence-electron chi connectivity index (χ0n) is 7.27. The molecular weight excluding hydrogens is 262 g/mol. The number of aromatic nitrogens is 2. The van der Waals surface area contributed by atoms with E-state index in [1.54, 1.807) is 5.51 Å². The molecule has 0 saturated carbocycles. The fourth-order valence-electron chi connectivity index (χ4n) is 1.07. The highest BCUT2D eigenvalue weighted by Gasteiger charge is 1.96. The number of benzene rings is 1. The maximum Gasteiger partial charge on any atom is 0.205 e. The molecule has 0 bridgehead atoms. The predicted octanol–water partition coefficient (Wildman–Crippen LogP) is 2.91. The van der Waals surface area contributed by atoms with Crippen molar-refractivity contribution in [2.24, 2.45) is 0 Å². The average Bonchev–Trinajstić information content (AvgIpc) is 2.67. The summed E-state index contributed by atoms with van der Waals surface area (Å²) < 4.78 is 1.09. The molecule has 1 aromatic carbocycles. The molecule has 0 radical (unpaired) electrons. The zero-order valence-corrected chi connectivity index (χ0v) is 9.68. The van der Waals surface area contributed by atoms with E-state index in [2.05, 4.69) is 43.6 Å². The summed E-state index contributed by atoms with van der Waals surface area (Å²) in [6.07, 6.45) is 0. The van der Waals surface area contributed by atoms with E-state index in [0.29, 0.717) is 0 Å². The fraction of sp³-hybridized carbons (Fsp3) is 0.111. The van der Waals surface area contributed by atoms with Crippen molar-refractivity contribution >= 4 is 32.4 Å². The Morgan fingerprint density at radius 1 is 1.43 bits per heavy atom. The molecule has 0 spiro atoms. The van der Waals surface area contributed by atoms with Crippen LogP contribution < -0.4 is 5.32 Å². The molecule has 0 aliphatic rings. The first-order valence-corrected chi connectivity index (χ1v) is 5.76. The topological polar surface area (TPSA) is 37.8 Å². The van der Waals surface area contributed by atoms with Crippen LogP contribution in [0.2, 0.25) is 0 Å². The zero-order chi connectivity index (χ0) is 9.80. The molecule has 0 aliphatic heterocycles. The number of nitrogens with one attached hydrogen (secondary N) is 1. The van der Waals surface area contributed by atoms with Crippen LogP contribution in [0.1, 0.15) is 5.56 Å². The Bertz CT molecular complexity index is 402. The van der Waals surface area contributed by atoms with Crippen LogP contribution >= 0.6 is 27.3 Å². The van der Waals surface area contributed by atoms with Crippen molar-refractivity contribution in [2.75, 3.05) is 5.32 Å². The van der Waals surface area contributed by atoms with Gasteiger partial charge >= 0.3 is 0 Å². The maximum absolute atomic E-state index is 3.90. The SMILES string of the molecule is Brc1cccc(CNc2nncs2)c1. The lowest BCUT2D eigenvalue weighted by molar-refractivity contribution is 1.05. The van der Waals surface area contributed by atoms with E-state index in [1.165, 1.54) is 16.9 Å². The van der Waals surface area contributed by atoms with Crippen LogP contribution in [0.3, 0.4) is 0 Å². The summed E-state index contributed by atoms with van der Waals surface area (Å²) in [7, 11) is 0. The second-order valence-corrected chi connectivity index (χ2v) is 4.48. The molecule has 0 unspecified atom stereocenters. The van der Waals surface area contributed by atoms with Crippen molar-refractivity contribution in [2.45, 2.75) is 6.54 Å². The van der Waals surface area contributed by atoms with E-state index in [4.69, 9.17) is 0 Å². The number of anilines is 1. The number of hydrogen-bond acceptors (Lipinski definition) is 4. The molecule has 5 heteroatoms. The van der Waals surface area contributed by atoms with Crippen molar-refractivity contribution in [3.05, 3.63) is 39.8 Å². The van der Waals surface area contributed by atoms with Crippen LogP contribution in [0.5, 0.6) is 0 Å². The number of nitrogens with zero attached hydrogens (tertiary/aromatic N) is 2. The molecule has 14 heavy (non-hydrogen) atoms. The Balaban J connectivity index is 1.98. The molecular formula is C9H8BrN3S. The summed E-state index contributed by atoms with van der Waals surface area (Å²) in [5.74, 6) is 0. The molecule has 0 saturated heterocycles. The van der Waals surface area contributed by atoms with Crippen molar-refractivity contribution in [3.8, 4) is 0 Å². The van der Waals surface area contributed by atoms with Crippen LogP contribution in [0.4, 0.5) is 5.13 Å². The van der Waals surface area contributed by atoms with Gasteiger partial charge in [0.2, 0.25) is 5.13 Å². The lowest BCUT2D eigenvalue weighted by Crippen LogP contribution is -1.98. The van der Waals surface area contributed by atoms with Gasteiger partial charge in [-0.25, -0.2) is 0 Å². The van der Waals surface area contributed by atoms with E-state index in [-0.39, 0.29) is 0 Å². The highest BCUT2D eigenvalue weighted by atomic mass is 79.9. The van der Waals surface area contributed by atoms with E-state index < -0.39 is 0 Å². The van der Waals surface area contributed by atoms with Gasteiger partial charge in [-0.2, -0.15) is 0 Å². The Kier molecular flexibility index (Phi) is 3.10. The second-order valence-electron chi connectivity index (χ2n) is 2.73. The fourth-order valence-corrected chi connectivity index (χ4v) is 1.97. The molecule has 0 amide bonds. The van der Waals surface area contributed by atoms with Crippen LogP contribution in [0.15, 0.2) is 34.2 Å². The lowest BCUT2D eigenvalue weighted by Gasteiger charge is -2.02. The normalized spacial score (nSPS) is 10.1. The standard InChI is InChI=1S/C9H8BrN3S/c10-8-3-1-2-7(4-8)5-11-9-13-12-6-14-9/h1-4,6H,5H2,(H,11,13). The molecule has 1 N–H and O–H groups in total. The minimum absolute atomic E-state index is 0.772. The van der Waals surface area contributed by atoms with Crippen molar-refractivity contribution < 1.29 is 0 Å². The van der Waals surface area contributed by atoms with Crippen LogP contribution in [0, 0.1) is 0 Å². The summed E-state index contributed by atoms with van der Waals surface area (Å²) in [6, 6.07) is 8.17. The lowest BCUT2D eigenvalue weighted by atomic mass is 10.2. The Morgan fingerprint density at radius 3 is 3.07 bits per heavy atom. The molecule has 0 aliphatic carbocycles. The van der Waals surface area contributed by atoms with Gasteiger partial charge in [0.05, 0.1) is 0 Å². The molecule has 3 nitrogen and oxygen atoms in total. The first kappa shape index (κ1) is 9.61. The van der Waals surface area contributed by atoms with Gasteiger partial charge in [-0.15, -0.1) is 10.2 Å². The average molecular weight is 270 g/mol.